The maximum atomic E-state index is 5.79. The second kappa shape index (κ2) is 5.65. The molecule has 1 aliphatic rings. The number of hydrogen-bond donors (Lipinski definition) is 1. The molecule has 18 heavy (non-hydrogen) atoms. The molecule has 0 aromatic carbocycles. The summed E-state index contributed by atoms with van der Waals surface area (Å²) in [6.07, 6.45) is 7.19. The van der Waals surface area contributed by atoms with E-state index in [4.69, 9.17) is 4.74 Å². The Morgan fingerprint density at radius 2 is 1.89 bits per heavy atom. The summed E-state index contributed by atoms with van der Waals surface area (Å²) in [4.78, 5) is 8.67. The largest absolute Gasteiger partial charge is 0.460 e. The number of hydrogen-bond acceptors (Lipinski definition) is 4. The molecule has 0 aliphatic carbocycles. The van der Waals surface area contributed by atoms with Crippen LogP contribution in [0, 0.1) is 0 Å². The van der Waals surface area contributed by atoms with Crippen LogP contribution >= 0.6 is 0 Å². The number of piperidine rings is 1. The van der Waals surface area contributed by atoms with E-state index >= 15 is 0 Å². The summed E-state index contributed by atoms with van der Waals surface area (Å²) in [6.45, 7) is 8.63. The van der Waals surface area contributed by atoms with Gasteiger partial charge in [0.2, 0.25) is 0 Å². The Hall–Kier alpha value is -1.16. The predicted octanol–water partition coefficient (Wildman–Crippen LogP) is 2.29. The quantitative estimate of drug-likeness (QED) is 0.889. The molecule has 1 aliphatic heterocycles. The standard InChI is InChI=1S/C14H23N3O/c1-4-14(2,3)11-9-16-13(17-10-11)18-12-5-7-15-8-6-12/h9-10,12,15H,4-8H2,1-3H3. The van der Waals surface area contributed by atoms with Gasteiger partial charge in [-0.15, -0.1) is 0 Å². The van der Waals surface area contributed by atoms with Gasteiger partial charge in [-0.1, -0.05) is 20.8 Å². The molecule has 1 saturated heterocycles. The number of nitrogens with one attached hydrogen (secondary N) is 1. The zero-order chi connectivity index (χ0) is 13.0. The van der Waals surface area contributed by atoms with E-state index in [1.165, 1.54) is 5.56 Å². The summed E-state index contributed by atoms with van der Waals surface area (Å²) < 4.78 is 5.79. The lowest BCUT2D eigenvalue weighted by Gasteiger charge is -2.24. The molecule has 4 nitrogen and oxygen atoms in total. The van der Waals surface area contributed by atoms with Crippen LogP contribution < -0.4 is 10.1 Å². The highest BCUT2D eigenvalue weighted by Crippen LogP contribution is 2.25. The second-order valence-corrected chi connectivity index (χ2v) is 5.56. The first-order valence-corrected chi connectivity index (χ1v) is 6.82. The number of aromatic nitrogens is 2. The Bertz CT molecular complexity index is 369. The van der Waals surface area contributed by atoms with Crippen LogP contribution in [0.2, 0.25) is 0 Å². The van der Waals surface area contributed by atoms with E-state index in [9.17, 15) is 0 Å². The Kier molecular flexibility index (Phi) is 4.17. The first kappa shape index (κ1) is 13.3. The molecule has 0 radical (unpaired) electrons. The van der Waals surface area contributed by atoms with Gasteiger partial charge in [0.05, 0.1) is 0 Å². The Labute approximate surface area is 109 Å². The van der Waals surface area contributed by atoms with E-state index in [0.717, 1.165) is 32.4 Å². The normalized spacial score (nSPS) is 17.7. The van der Waals surface area contributed by atoms with Gasteiger partial charge >= 0.3 is 6.01 Å². The van der Waals surface area contributed by atoms with E-state index in [1.807, 2.05) is 12.4 Å². The van der Waals surface area contributed by atoms with Crippen molar-refractivity contribution < 1.29 is 4.74 Å². The molecule has 0 saturated carbocycles. The SMILES string of the molecule is CCC(C)(C)c1cnc(OC2CCNCC2)nc1. The van der Waals surface area contributed by atoms with Crippen LogP contribution in [-0.2, 0) is 5.41 Å². The molecule has 0 bridgehead atoms. The minimum Gasteiger partial charge on any atom is -0.460 e. The lowest BCUT2D eigenvalue weighted by atomic mass is 9.84. The Morgan fingerprint density at radius 3 is 2.44 bits per heavy atom. The molecular formula is C14H23N3O. The van der Waals surface area contributed by atoms with E-state index in [1.54, 1.807) is 0 Å². The fourth-order valence-electron chi connectivity index (χ4n) is 1.99. The van der Waals surface area contributed by atoms with Crippen LogP contribution in [0.4, 0.5) is 0 Å². The summed E-state index contributed by atoms with van der Waals surface area (Å²) in [5, 5.41) is 3.32. The second-order valence-electron chi connectivity index (χ2n) is 5.56. The van der Waals surface area contributed by atoms with Crippen molar-refractivity contribution in [2.45, 2.75) is 51.6 Å². The summed E-state index contributed by atoms with van der Waals surface area (Å²) in [6, 6.07) is 0.512. The molecule has 0 unspecified atom stereocenters. The third-order valence-electron chi connectivity index (χ3n) is 3.85. The monoisotopic (exact) mass is 249 g/mol. The van der Waals surface area contributed by atoms with Crippen molar-refractivity contribution in [3.8, 4) is 6.01 Å². The third kappa shape index (κ3) is 3.19. The van der Waals surface area contributed by atoms with E-state index in [0.29, 0.717) is 6.01 Å². The highest BCUT2D eigenvalue weighted by Gasteiger charge is 2.20. The number of rotatable bonds is 4. The molecule has 0 amide bonds. The van der Waals surface area contributed by atoms with Crippen molar-refractivity contribution in [1.29, 1.82) is 0 Å². The third-order valence-corrected chi connectivity index (χ3v) is 3.85. The molecule has 1 aromatic heterocycles. The molecule has 0 spiro atoms. The highest BCUT2D eigenvalue weighted by atomic mass is 16.5. The van der Waals surface area contributed by atoms with Crippen LogP contribution in [0.25, 0.3) is 0 Å². The van der Waals surface area contributed by atoms with Crippen LogP contribution in [0.3, 0.4) is 0 Å². The van der Waals surface area contributed by atoms with Crippen LogP contribution in [0.1, 0.15) is 45.6 Å². The molecule has 0 atom stereocenters. The fraction of sp³-hybridized carbons (Fsp3) is 0.714. The van der Waals surface area contributed by atoms with Gasteiger partial charge in [0.25, 0.3) is 0 Å². The summed E-state index contributed by atoms with van der Waals surface area (Å²) in [7, 11) is 0. The smallest absolute Gasteiger partial charge is 0.316 e. The topological polar surface area (TPSA) is 47.0 Å². The van der Waals surface area contributed by atoms with Gasteiger partial charge in [0.1, 0.15) is 6.10 Å². The Morgan fingerprint density at radius 1 is 1.28 bits per heavy atom. The van der Waals surface area contributed by atoms with Gasteiger partial charge in [0, 0.05) is 12.4 Å². The minimum absolute atomic E-state index is 0.132. The van der Waals surface area contributed by atoms with Gasteiger partial charge in [0.15, 0.2) is 0 Å². The van der Waals surface area contributed by atoms with E-state index in [2.05, 4.69) is 36.1 Å². The molecule has 2 rings (SSSR count). The maximum Gasteiger partial charge on any atom is 0.316 e. The lowest BCUT2D eigenvalue weighted by molar-refractivity contribution is 0.148. The molecule has 2 heterocycles. The summed E-state index contributed by atoms with van der Waals surface area (Å²) >= 11 is 0. The number of ether oxygens (including phenoxy) is 1. The zero-order valence-electron chi connectivity index (χ0n) is 11.6. The van der Waals surface area contributed by atoms with Crippen molar-refractivity contribution in [2.75, 3.05) is 13.1 Å². The average molecular weight is 249 g/mol. The molecule has 100 valence electrons. The lowest BCUT2D eigenvalue weighted by Crippen LogP contribution is -2.34. The van der Waals surface area contributed by atoms with E-state index < -0.39 is 0 Å². The molecule has 1 fully saturated rings. The van der Waals surface area contributed by atoms with Crippen LogP contribution in [-0.4, -0.2) is 29.2 Å². The summed E-state index contributed by atoms with van der Waals surface area (Å²) in [5.41, 5.74) is 1.30. The van der Waals surface area contributed by atoms with Gasteiger partial charge < -0.3 is 10.1 Å². The van der Waals surface area contributed by atoms with Crippen molar-refractivity contribution in [1.82, 2.24) is 15.3 Å². The summed E-state index contributed by atoms with van der Waals surface area (Å²) in [5.74, 6) is 0. The molecule has 1 N–H and O–H groups in total. The van der Waals surface area contributed by atoms with Crippen molar-refractivity contribution in [3.63, 3.8) is 0 Å². The van der Waals surface area contributed by atoms with Crippen molar-refractivity contribution in [2.24, 2.45) is 0 Å². The Balaban J connectivity index is 1.99. The van der Waals surface area contributed by atoms with Crippen molar-refractivity contribution >= 4 is 0 Å². The zero-order valence-corrected chi connectivity index (χ0v) is 11.6. The van der Waals surface area contributed by atoms with Gasteiger partial charge in [-0.3, -0.25) is 0 Å². The van der Waals surface area contributed by atoms with Crippen LogP contribution in [0.15, 0.2) is 12.4 Å². The molecule has 1 aromatic rings. The first-order chi connectivity index (χ1) is 8.62. The van der Waals surface area contributed by atoms with Crippen molar-refractivity contribution in [3.05, 3.63) is 18.0 Å². The number of nitrogens with zero attached hydrogens (tertiary/aromatic N) is 2. The average Bonchev–Trinajstić information content (AvgIpc) is 2.40. The highest BCUT2D eigenvalue weighted by molar-refractivity contribution is 5.17. The van der Waals surface area contributed by atoms with Crippen LogP contribution in [0.5, 0.6) is 6.01 Å². The first-order valence-electron chi connectivity index (χ1n) is 6.82. The maximum absolute atomic E-state index is 5.79. The predicted molar refractivity (Wildman–Crippen MR) is 71.9 cm³/mol. The van der Waals surface area contributed by atoms with Gasteiger partial charge in [-0.05, 0) is 43.3 Å². The van der Waals surface area contributed by atoms with E-state index in [-0.39, 0.29) is 11.5 Å². The van der Waals surface area contributed by atoms with Gasteiger partial charge in [-0.25, -0.2) is 9.97 Å². The van der Waals surface area contributed by atoms with Gasteiger partial charge in [-0.2, -0.15) is 0 Å². The molecular weight excluding hydrogens is 226 g/mol. The fourth-order valence-corrected chi connectivity index (χ4v) is 1.99. The molecule has 4 heteroatoms. The minimum atomic E-state index is 0.132.